The van der Waals surface area contributed by atoms with Crippen molar-refractivity contribution in [3.63, 3.8) is 0 Å². The van der Waals surface area contributed by atoms with Gasteiger partial charge in [-0.25, -0.2) is 0 Å². The lowest BCUT2D eigenvalue weighted by Gasteiger charge is -2.04. The fraction of sp³-hybridized carbons (Fsp3) is 0.533. The van der Waals surface area contributed by atoms with Gasteiger partial charge in [-0.05, 0) is 24.3 Å². The summed E-state index contributed by atoms with van der Waals surface area (Å²) in [5, 5.41) is 0. The monoisotopic (exact) mass is 250 g/mol. The Kier molecular flexibility index (Phi) is 7.02. The third-order valence-corrected chi connectivity index (χ3v) is 3.65. The van der Waals surface area contributed by atoms with E-state index >= 15 is 0 Å². The molecule has 94 valence electrons. The number of hydrogen-bond donors (Lipinski definition) is 0. The van der Waals surface area contributed by atoms with Crippen molar-refractivity contribution in [1.29, 1.82) is 0 Å². The molecule has 0 aromatic carbocycles. The highest BCUT2D eigenvalue weighted by molar-refractivity contribution is 8.00. The molecule has 0 N–H and O–H groups in total. The lowest BCUT2D eigenvalue weighted by molar-refractivity contribution is -0.116. The van der Waals surface area contributed by atoms with Crippen molar-refractivity contribution in [1.82, 2.24) is 0 Å². The molecule has 1 aliphatic carbocycles. The third kappa shape index (κ3) is 7.22. The predicted octanol–water partition coefficient (Wildman–Crippen LogP) is 4.17. The summed E-state index contributed by atoms with van der Waals surface area (Å²) in [6, 6.07) is 0. The number of rotatable bonds is 7. The van der Waals surface area contributed by atoms with E-state index in [0.717, 1.165) is 25.0 Å². The van der Waals surface area contributed by atoms with Crippen LogP contribution in [0, 0.1) is 5.92 Å². The van der Waals surface area contributed by atoms with Crippen LogP contribution in [-0.2, 0) is 4.79 Å². The van der Waals surface area contributed by atoms with Crippen LogP contribution in [0.5, 0.6) is 0 Å². The number of thioether (sulfide) groups is 1. The molecule has 0 heterocycles. The van der Waals surface area contributed by atoms with E-state index in [1.165, 1.54) is 5.57 Å². The molecule has 2 heteroatoms. The lowest BCUT2D eigenvalue weighted by atomic mass is 10.1. The molecule has 1 nitrogen and oxygen atoms in total. The van der Waals surface area contributed by atoms with Gasteiger partial charge in [0, 0.05) is 12.2 Å². The van der Waals surface area contributed by atoms with E-state index in [9.17, 15) is 4.79 Å². The van der Waals surface area contributed by atoms with Crippen LogP contribution in [0.1, 0.15) is 33.1 Å². The fourth-order valence-corrected chi connectivity index (χ4v) is 2.43. The minimum absolute atomic E-state index is 0.387. The minimum Gasteiger partial charge on any atom is -0.299 e. The summed E-state index contributed by atoms with van der Waals surface area (Å²) in [7, 11) is 0. The Labute approximate surface area is 109 Å². The maximum atomic E-state index is 11.6. The minimum atomic E-state index is 0.387. The molecule has 0 unspecified atom stereocenters. The van der Waals surface area contributed by atoms with Crippen molar-refractivity contribution in [3.8, 4) is 0 Å². The van der Waals surface area contributed by atoms with E-state index < -0.39 is 0 Å². The zero-order chi connectivity index (χ0) is 12.5. The van der Waals surface area contributed by atoms with Crippen LogP contribution in [0.3, 0.4) is 0 Å². The van der Waals surface area contributed by atoms with Crippen LogP contribution in [0.2, 0.25) is 0 Å². The Morgan fingerprint density at radius 1 is 1.41 bits per heavy atom. The number of allylic oxidation sites excluding steroid dienone is 5. The lowest BCUT2D eigenvalue weighted by Crippen LogP contribution is -2.04. The Morgan fingerprint density at radius 3 is 3.00 bits per heavy atom. The first-order valence-corrected chi connectivity index (χ1v) is 7.45. The molecule has 0 aromatic rings. The first-order chi connectivity index (χ1) is 8.18. The number of carbonyl (C=O) groups is 1. The Balaban J connectivity index is 2.16. The molecule has 0 bridgehead atoms. The van der Waals surface area contributed by atoms with E-state index in [4.69, 9.17) is 0 Å². The first kappa shape index (κ1) is 14.3. The summed E-state index contributed by atoms with van der Waals surface area (Å²) in [5.74, 6) is 2.61. The first-order valence-electron chi connectivity index (χ1n) is 6.30. The smallest absolute Gasteiger partial charge is 0.142 e. The van der Waals surface area contributed by atoms with E-state index in [0.29, 0.717) is 17.5 Å². The van der Waals surface area contributed by atoms with Gasteiger partial charge in [0.25, 0.3) is 0 Å². The summed E-state index contributed by atoms with van der Waals surface area (Å²) in [6.07, 6.45) is 13.5. The van der Waals surface area contributed by atoms with Crippen molar-refractivity contribution in [2.75, 3.05) is 11.5 Å². The number of ketones is 1. The number of hydrogen-bond acceptors (Lipinski definition) is 2. The van der Waals surface area contributed by atoms with Gasteiger partial charge in [-0.1, -0.05) is 44.2 Å². The zero-order valence-electron chi connectivity index (χ0n) is 10.8. The van der Waals surface area contributed by atoms with Crippen LogP contribution >= 0.6 is 11.8 Å². The van der Waals surface area contributed by atoms with Gasteiger partial charge < -0.3 is 0 Å². The number of Topliss-reactive ketones (excluding diaryl/α,β-unsaturated/α-hetero) is 1. The molecule has 0 saturated heterocycles. The van der Waals surface area contributed by atoms with Crippen LogP contribution in [0.4, 0.5) is 0 Å². The van der Waals surface area contributed by atoms with Crippen molar-refractivity contribution < 1.29 is 4.79 Å². The van der Waals surface area contributed by atoms with E-state index in [1.807, 2.05) is 0 Å². The molecule has 1 rings (SSSR count). The molecule has 1 aliphatic rings. The van der Waals surface area contributed by atoms with Crippen LogP contribution < -0.4 is 0 Å². The molecule has 0 spiro atoms. The fourth-order valence-electron chi connectivity index (χ4n) is 1.52. The van der Waals surface area contributed by atoms with Gasteiger partial charge in [0.2, 0.25) is 0 Å². The van der Waals surface area contributed by atoms with Gasteiger partial charge in [0.05, 0.1) is 5.75 Å². The molecule has 0 saturated carbocycles. The van der Waals surface area contributed by atoms with Crippen molar-refractivity contribution in [2.45, 2.75) is 33.1 Å². The van der Waals surface area contributed by atoms with Gasteiger partial charge in [-0.15, -0.1) is 11.8 Å². The maximum Gasteiger partial charge on any atom is 0.142 e. The highest BCUT2D eigenvalue weighted by Gasteiger charge is 2.04. The molecule has 0 aliphatic heterocycles. The van der Waals surface area contributed by atoms with Crippen LogP contribution in [-0.4, -0.2) is 17.3 Å². The van der Waals surface area contributed by atoms with Crippen LogP contribution in [0.15, 0.2) is 36.0 Å². The van der Waals surface area contributed by atoms with Crippen LogP contribution in [0.25, 0.3) is 0 Å². The van der Waals surface area contributed by atoms with E-state index in [2.05, 4.69) is 44.2 Å². The van der Waals surface area contributed by atoms with Gasteiger partial charge >= 0.3 is 0 Å². The summed E-state index contributed by atoms with van der Waals surface area (Å²) < 4.78 is 0. The van der Waals surface area contributed by atoms with Gasteiger partial charge in [0.15, 0.2) is 0 Å². The molecule has 0 fully saturated rings. The second kappa shape index (κ2) is 8.35. The molecule has 0 radical (unpaired) electrons. The molecule has 0 aromatic heterocycles. The van der Waals surface area contributed by atoms with Gasteiger partial charge in [0.1, 0.15) is 5.78 Å². The largest absolute Gasteiger partial charge is 0.299 e. The summed E-state index contributed by atoms with van der Waals surface area (Å²) in [5.41, 5.74) is 1.31. The van der Waals surface area contributed by atoms with Crippen molar-refractivity contribution in [3.05, 3.63) is 36.0 Å². The molecular weight excluding hydrogens is 228 g/mol. The summed E-state index contributed by atoms with van der Waals surface area (Å²) in [6.45, 7) is 4.32. The summed E-state index contributed by atoms with van der Waals surface area (Å²) in [4.78, 5) is 11.6. The van der Waals surface area contributed by atoms with Gasteiger partial charge in [-0.2, -0.15) is 0 Å². The Morgan fingerprint density at radius 2 is 2.24 bits per heavy atom. The maximum absolute atomic E-state index is 11.6. The Bertz CT molecular complexity index is 324. The normalized spacial score (nSPS) is 14.9. The molecular formula is C15H22OS. The molecule has 0 amide bonds. The van der Waals surface area contributed by atoms with E-state index in [-0.39, 0.29) is 0 Å². The van der Waals surface area contributed by atoms with Crippen molar-refractivity contribution >= 4 is 17.5 Å². The highest BCUT2D eigenvalue weighted by Crippen LogP contribution is 2.14. The number of carbonyl (C=O) groups excluding carboxylic acids is 1. The van der Waals surface area contributed by atoms with E-state index in [1.54, 1.807) is 11.8 Å². The standard InChI is InChI=1S/C15H22OS/c1-13(2)9-10-15(16)12-17-11-14-7-5-3-4-6-8-14/h3,5-8,13H,4,9-12H2,1-2H3. The summed E-state index contributed by atoms with van der Waals surface area (Å²) >= 11 is 1.73. The third-order valence-electron chi connectivity index (χ3n) is 2.58. The zero-order valence-corrected chi connectivity index (χ0v) is 11.6. The van der Waals surface area contributed by atoms with Gasteiger partial charge in [-0.3, -0.25) is 4.79 Å². The molecule has 17 heavy (non-hydrogen) atoms. The SMILES string of the molecule is CC(C)CCC(=O)CSCC1=CC=CCC=C1. The topological polar surface area (TPSA) is 17.1 Å². The quantitative estimate of drug-likeness (QED) is 0.674. The Hall–Kier alpha value is -0.760. The second-order valence-electron chi connectivity index (χ2n) is 4.77. The van der Waals surface area contributed by atoms with Crippen molar-refractivity contribution in [2.24, 2.45) is 5.92 Å². The average Bonchev–Trinajstić information content (AvgIpc) is 2.55. The predicted molar refractivity (Wildman–Crippen MR) is 77.4 cm³/mol. The highest BCUT2D eigenvalue weighted by atomic mass is 32.2. The molecule has 0 atom stereocenters. The second-order valence-corrected chi connectivity index (χ2v) is 5.76. The average molecular weight is 250 g/mol.